The molecular formula is C11H9N3S. The van der Waals surface area contributed by atoms with Crippen molar-refractivity contribution in [3.8, 4) is 11.4 Å². The number of thiazole rings is 1. The summed E-state index contributed by atoms with van der Waals surface area (Å²) in [7, 11) is 1.96. The molecule has 0 aliphatic carbocycles. The zero-order valence-electron chi connectivity index (χ0n) is 8.21. The quantitative estimate of drug-likeness (QED) is 0.625. The normalized spacial score (nSPS) is 11.0. The fraction of sp³-hybridized carbons (Fsp3) is 0.0909. The zero-order chi connectivity index (χ0) is 10.3. The fourth-order valence-corrected chi connectivity index (χ4v) is 2.27. The number of hydrogen-bond acceptors (Lipinski definition) is 3. The van der Waals surface area contributed by atoms with E-state index in [1.165, 1.54) is 0 Å². The van der Waals surface area contributed by atoms with E-state index in [1.807, 2.05) is 34.8 Å². The van der Waals surface area contributed by atoms with Gasteiger partial charge in [0.25, 0.3) is 0 Å². The Kier molecular flexibility index (Phi) is 1.82. The van der Waals surface area contributed by atoms with E-state index >= 15 is 0 Å². The molecule has 3 nitrogen and oxygen atoms in total. The molecule has 0 N–H and O–H groups in total. The third kappa shape index (κ3) is 1.26. The van der Waals surface area contributed by atoms with Gasteiger partial charge in [0.05, 0.1) is 11.0 Å². The molecule has 0 aliphatic rings. The highest BCUT2D eigenvalue weighted by Crippen LogP contribution is 2.26. The van der Waals surface area contributed by atoms with Crippen molar-refractivity contribution in [1.82, 2.24) is 14.8 Å². The minimum atomic E-state index is 0.955. The SMILES string of the molecule is Cn1nc(-c2cscn2)c2ccccc21. The molecule has 0 spiro atoms. The van der Waals surface area contributed by atoms with Crippen molar-refractivity contribution >= 4 is 22.2 Å². The molecule has 0 aliphatic heterocycles. The van der Waals surface area contributed by atoms with E-state index in [9.17, 15) is 0 Å². The Balaban J connectivity index is 2.37. The predicted octanol–water partition coefficient (Wildman–Crippen LogP) is 2.70. The second-order valence-corrected chi connectivity index (χ2v) is 4.08. The van der Waals surface area contributed by atoms with Gasteiger partial charge in [-0.1, -0.05) is 18.2 Å². The lowest BCUT2D eigenvalue weighted by atomic mass is 10.2. The summed E-state index contributed by atoms with van der Waals surface area (Å²) in [5, 5.41) is 7.67. The number of aromatic nitrogens is 3. The molecule has 3 aromatic rings. The summed E-state index contributed by atoms with van der Waals surface area (Å²) in [5.41, 5.74) is 4.89. The topological polar surface area (TPSA) is 30.7 Å². The van der Waals surface area contributed by atoms with Gasteiger partial charge in [-0.25, -0.2) is 4.98 Å². The molecule has 0 amide bonds. The average Bonchev–Trinajstić information content (AvgIpc) is 2.87. The summed E-state index contributed by atoms with van der Waals surface area (Å²) in [5.74, 6) is 0. The van der Waals surface area contributed by atoms with Gasteiger partial charge in [-0.3, -0.25) is 4.68 Å². The summed E-state index contributed by atoms with van der Waals surface area (Å²) in [6.07, 6.45) is 0. The average molecular weight is 215 g/mol. The highest BCUT2D eigenvalue weighted by Gasteiger charge is 2.10. The van der Waals surface area contributed by atoms with Crippen LogP contribution in [0.3, 0.4) is 0 Å². The molecule has 0 atom stereocenters. The number of nitrogens with zero attached hydrogens (tertiary/aromatic N) is 3. The number of hydrogen-bond donors (Lipinski definition) is 0. The molecule has 74 valence electrons. The van der Waals surface area contributed by atoms with Crippen molar-refractivity contribution in [2.24, 2.45) is 7.05 Å². The summed E-state index contributed by atoms with van der Waals surface area (Å²) < 4.78 is 1.89. The van der Waals surface area contributed by atoms with Gasteiger partial charge in [-0.05, 0) is 6.07 Å². The van der Waals surface area contributed by atoms with Crippen LogP contribution >= 0.6 is 11.3 Å². The van der Waals surface area contributed by atoms with Gasteiger partial charge in [-0.15, -0.1) is 11.3 Å². The van der Waals surface area contributed by atoms with Crippen LogP contribution in [0.25, 0.3) is 22.3 Å². The van der Waals surface area contributed by atoms with Gasteiger partial charge in [-0.2, -0.15) is 5.10 Å². The summed E-state index contributed by atoms with van der Waals surface area (Å²) in [4.78, 5) is 4.29. The van der Waals surface area contributed by atoms with Gasteiger partial charge in [0.2, 0.25) is 0 Å². The second-order valence-electron chi connectivity index (χ2n) is 3.36. The standard InChI is InChI=1S/C11H9N3S/c1-14-10-5-3-2-4-8(10)11(13-14)9-6-15-7-12-9/h2-7H,1H3. The molecule has 0 bridgehead atoms. The minimum absolute atomic E-state index is 0.955. The summed E-state index contributed by atoms with van der Waals surface area (Å²) in [6, 6.07) is 8.20. The largest absolute Gasteiger partial charge is 0.267 e. The van der Waals surface area contributed by atoms with Crippen LogP contribution in [0.4, 0.5) is 0 Å². The highest BCUT2D eigenvalue weighted by atomic mass is 32.1. The molecule has 4 heteroatoms. The molecule has 2 aromatic heterocycles. The van der Waals surface area contributed by atoms with Crippen LogP contribution in [0.5, 0.6) is 0 Å². The maximum Gasteiger partial charge on any atom is 0.119 e. The first-order chi connectivity index (χ1) is 7.36. The first-order valence-corrected chi connectivity index (χ1v) is 5.61. The predicted molar refractivity (Wildman–Crippen MR) is 61.8 cm³/mol. The molecule has 0 unspecified atom stereocenters. The zero-order valence-corrected chi connectivity index (χ0v) is 9.03. The molecule has 0 fully saturated rings. The lowest BCUT2D eigenvalue weighted by Gasteiger charge is -1.90. The summed E-state index contributed by atoms with van der Waals surface area (Å²) >= 11 is 1.59. The van der Waals surface area contributed by atoms with Gasteiger partial charge >= 0.3 is 0 Å². The lowest BCUT2D eigenvalue weighted by molar-refractivity contribution is 0.799. The van der Waals surface area contributed by atoms with Crippen molar-refractivity contribution < 1.29 is 0 Å². The third-order valence-corrected chi connectivity index (χ3v) is 3.02. The van der Waals surface area contributed by atoms with Crippen molar-refractivity contribution in [2.45, 2.75) is 0 Å². The molecule has 1 aromatic carbocycles. The smallest absolute Gasteiger partial charge is 0.119 e. The van der Waals surface area contributed by atoms with E-state index in [0.717, 1.165) is 22.3 Å². The van der Waals surface area contributed by atoms with Crippen LogP contribution in [0.15, 0.2) is 35.2 Å². The lowest BCUT2D eigenvalue weighted by Crippen LogP contribution is -1.89. The fourth-order valence-electron chi connectivity index (χ4n) is 1.73. The van der Waals surface area contributed by atoms with Gasteiger partial charge in [0.1, 0.15) is 11.4 Å². The van der Waals surface area contributed by atoms with Crippen LogP contribution in [0, 0.1) is 0 Å². The van der Waals surface area contributed by atoms with E-state index < -0.39 is 0 Å². The number of rotatable bonds is 1. The van der Waals surface area contributed by atoms with Crippen molar-refractivity contribution in [3.63, 3.8) is 0 Å². The van der Waals surface area contributed by atoms with Crippen LogP contribution in [-0.2, 0) is 7.05 Å². The molecule has 2 heterocycles. The van der Waals surface area contributed by atoms with Crippen molar-refractivity contribution in [3.05, 3.63) is 35.2 Å². The second kappa shape index (κ2) is 3.17. The number of fused-ring (bicyclic) bond motifs is 1. The first-order valence-electron chi connectivity index (χ1n) is 4.66. The molecular weight excluding hydrogens is 206 g/mol. The Labute approximate surface area is 91.0 Å². The molecule has 0 saturated heterocycles. The van der Waals surface area contributed by atoms with E-state index in [2.05, 4.69) is 22.2 Å². The monoisotopic (exact) mass is 215 g/mol. The molecule has 0 saturated carbocycles. The van der Waals surface area contributed by atoms with Gasteiger partial charge < -0.3 is 0 Å². The van der Waals surface area contributed by atoms with E-state index in [1.54, 1.807) is 11.3 Å². The van der Waals surface area contributed by atoms with E-state index in [-0.39, 0.29) is 0 Å². The molecule has 3 rings (SSSR count). The first kappa shape index (κ1) is 8.61. The van der Waals surface area contributed by atoms with E-state index in [4.69, 9.17) is 0 Å². The Morgan fingerprint density at radius 3 is 2.93 bits per heavy atom. The van der Waals surface area contributed by atoms with Crippen LogP contribution in [-0.4, -0.2) is 14.8 Å². The van der Waals surface area contributed by atoms with Crippen molar-refractivity contribution in [2.75, 3.05) is 0 Å². The molecule has 0 radical (unpaired) electrons. The van der Waals surface area contributed by atoms with Crippen LogP contribution in [0.2, 0.25) is 0 Å². The highest BCUT2D eigenvalue weighted by molar-refractivity contribution is 7.07. The van der Waals surface area contributed by atoms with Gasteiger partial charge in [0, 0.05) is 17.8 Å². The number of aryl methyl sites for hydroxylation is 1. The van der Waals surface area contributed by atoms with Gasteiger partial charge in [0.15, 0.2) is 0 Å². The third-order valence-electron chi connectivity index (χ3n) is 2.43. The Bertz CT molecular complexity index is 595. The maximum atomic E-state index is 4.49. The number of para-hydroxylation sites is 1. The minimum Gasteiger partial charge on any atom is -0.267 e. The van der Waals surface area contributed by atoms with Crippen LogP contribution < -0.4 is 0 Å². The molecule has 15 heavy (non-hydrogen) atoms. The Morgan fingerprint density at radius 2 is 2.13 bits per heavy atom. The maximum absolute atomic E-state index is 4.49. The van der Waals surface area contributed by atoms with E-state index in [0.29, 0.717) is 0 Å². The van der Waals surface area contributed by atoms with Crippen molar-refractivity contribution in [1.29, 1.82) is 0 Å². The Morgan fingerprint density at radius 1 is 1.27 bits per heavy atom. The Hall–Kier alpha value is -1.68. The van der Waals surface area contributed by atoms with Crippen LogP contribution in [0.1, 0.15) is 0 Å². The number of benzene rings is 1. The summed E-state index contributed by atoms with van der Waals surface area (Å²) in [6.45, 7) is 0.